The number of hydrogen-bond donors (Lipinski definition) is 2. The smallest absolute Gasteiger partial charge is 0.251 e. The third-order valence-corrected chi connectivity index (χ3v) is 7.67. The van der Waals surface area contributed by atoms with Gasteiger partial charge in [0.05, 0.1) is 13.2 Å². The topological polar surface area (TPSA) is 70.7 Å². The van der Waals surface area contributed by atoms with Gasteiger partial charge in [-0.15, -0.1) is 0 Å². The van der Waals surface area contributed by atoms with Crippen LogP contribution in [0.4, 0.5) is 8.78 Å². The van der Waals surface area contributed by atoms with E-state index < -0.39 is 17.8 Å². The molecule has 1 saturated carbocycles. The van der Waals surface area contributed by atoms with E-state index >= 15 is 0 Å². The van der Waals surface area contributed by atoms with E-state index in [0.29, 0.717) is 43.8 Å². The number of ether oxygens (including phenoxy) is 1. The molecule has 1 aliphatic heterocycles. The van der Waals surface area contributed by atoms with Crippen molar-refractivity contribution in [1.82, 2.24) is 15.5 Å². The summed E-state index contributed by atoms with van der Waals surface area (Å²) in [6, 6.07) is 11.6. The van der Waals surface area contributed by atoms with Crippen molar-refractivity contribution in [3.8, 4) is 0 Å². The predicted molar refractivity (Wildman–Crippen MR) is 133 cm³/mol. The van der Waals surface area contributed by atoms with Gasteiger partial charge in [-0.3, -0.25) is 9.59 Å². The maximum absolute atomic E-state index is 13.3. The van der Waals surface area contributed by atoms with Crippen molar-refractivity contribution < 1.29 is 23.1 Å². The van der Waals surface area contributed by atoms with Gasteiger partial charge in [-0.2, -0.15) is 11.8 Å². The summed E-state index contributed by atoms with van der Waals surface area (Å²) in [6.07, 6.45) is 1.03. The van der Waals surface area contributed by atoms with Gasteiger partial charge in [0, 0.05) is 48.2 Å². The van der Waals surface area contributed by atoms with Gasteiger partial charge in [-0.25, -0.2) is 8.78 Å². The lowest BCUT2D eigenvalue weighted by Crippen LogP contribution is -2.55. The first-order valence-electron chi connectivity index (χ1n) is 12.0. The first-order chi connectivity index (χ1) is 16.9. The largest absolute Gasteiger partial charge is 0.378 e. The molecule has 9 heteroatoms. The maximum Gasteiger partial charge on any atom is 0.251 e. The first-order valence-corrected chi connectivity index (χ1v) is 13.0. The molecular weight excluding hydrogens is 472 g/mol. The third-order valence-electron chi connectivity index (χ3n) is 6.43. The van der Waals surface area contributed by atoms with E-state index in [9.17, 15) is 18.4 Å². The maximum atomic E-state index is 13.3. The molecule has 188 valence electrons. The number of amides is 2. The summed E-state index contributed by atoms with van der Waals surface area (Å²) in [6.45, 7) is 4.65. The second kappa shape index (κ2) is 12.0. The Bertz CT molecular complexity index is 1000. The Morgan fingerprint density at radius 3 is 2.34 bits per heavy atom. The molecule has 2 fully saturated rings. The molecule has 0 spiro atoms. The van der Waals surface area contributed by atoms with Crippen LogP contribution in [0.15, 0.2) is 48.5 Å². The van der Waals surface area contributed by atoms with Gasteiger partial charge >= 0.3 is 0 Å². The number of halogens is 2. The van der Waals surface area contributed by atoms with Crippen LogP contribution < -0.4 is 10.6 Å². The van der Waals surface area contributed by atoms with Crippen molar-refractivity contribution in [2.24, 2.45) is 0 Å². The molecule has 2 aromatic carbocycles. The standard InChI is InChI=1S/C26H31F2N3O3S/c1-17(35-15-10-29-23-16-22(23)18-2-6-20(27)7-3-18)24(26(33)31-11-13-34-14-12-31)30-25(32)19-4-8-21(28)9-5-19/h2-9,17,22-24,29H,10-16H2,1H3,(H,30,32)/t17-,22-,23+,24-/m0/s1. The summed E-state index contributed by atoms with van der Waals surface area (Å²) in [4.78, 5) is 27.8. The molecule has 35 heavy (non-hydrogen) atoms. The number of hydrogen-bond acceptors (Lipinski definition) is 5. The van der Waals surface area contributed by atoms with E-state index in [2.05, 4.69) is 10.6 Å². The predicted octanol–water partition coefficient (Wildman–Crippen LogP) is 3.19. The highest BCUT2D eigenvalue weighted by Crippen LogP contribution is 2.40. The summed E-state index contributed by atoms with van der Waals surface area (Å²) in [5.74, 6) is 0.00197. The van der Waals surface area contributed by atoms with Crippen LogP contribution >= 0.6 is 11.8 Å². The zero-order valence-corrected chi connectivity index (χ0v) is 20.5. The molecule has 0 unspecified atom stereocenters. The Labute approximate surface area is 208 Å². The van der Waals surface area contributed by atoms with Crippen molar-refractivity contribution in [2.45, 2.75) is 36.6 Å². The molecule has 1 saturated heterocycles. The molecule has 0 aromatic heterocycles. The van der Waals surface area contributed by atoms with Crippen LogP contribution in [0.1, 0.15) is 35.2 Å². The van der Waals surface area contributed by atoms with Gasteiger partial charge in [0.15, 0.2) is 0 Å². The van der Waals surface area contributed by atoms with Crippen molar-refractivity contribution in [2.75, 3.05) is 38.6 Å². The van der Waals surface area contributed by atoms with Crippen LogP contribution in [-0.2, 0) is 9.53 Å². The minimum atomic E-state index is -0.705. The Balaban J connectivity index is 1.30. The van der Waals surface area contributed by atoms with E-state index in [1.807, 2.05) is 19.1 Å². The molecule has 0 bridgehead atoms. The van der Waals surface area contributed by atoms with Crippen molar-refractivity contribution >= 4 is 23.6 Å². The number of benzene rings is 2. The Hall–Kier alpha value is -2.49. The molecule has 2 aromatic rings. The summed E-state index contributed by atoms with van der Waals surface area (Å²) in [7, 11) is 0. The summed E-state index contributed by atoms with van der Waals surface area (Å²) in [5, 5.41) is 6.25. The fourth-order valence-corrected chi connectivity index (χ4v) is 5.25. The van der Waals surface area contributed by atoms with E-state index in [1.54, 1.807) is 16.7 Å². The van der Waals surface area contributed by atoms with Crippen LogP contribution in [0.2, 0.25) is 0 Å². The lowest BCUT2D eigenvalue weighted by Gasteiger charge is -2.33. The van der Waals surface area contributed by atoms with Crippen LogP contribution in [0.3, 0.4) is 0 Å². The van der Waals surface area contributed by atoms with Gasteiger partial charge in [0.25, 0.3) is 5.91 Å². The second-order valence-electron chi connectivity index (χ2n) is 8.93. The number of nitrogens with one attached hydrogen (secondary N) is 2. The van der Waals surface area contributed by atoms with Crippen LogP contribution in [0.25, 0.3) is 0 Å². The van der Waals surface area contributed by atoms with E-state index in [-0.39, 0.29) is 17.0 Å². The summed E-state index contributed by atoms with van der Waals surface area (Å²) in [5.41, 5.74) is 1.45. The molecule has 4 atom stereocenters. The van der Waals surface area contributed by atoms with Crippen molar-refractivity contribution in [3.63, 3.8) is 0 Å². The normalized spacial score (nSPS) is 21.3. The first kappa shape index (κ1) is 25.6. The Morgan fingerprint density at radius 1 is 1.06 bits per heavy atom. The fourth-order valence-electron chi connectivity index (χ4n) is 4.27. The molecule has 6 nitrogen and oxygen atoms in total. The van der Waals surface area contributed by atoms with Crippen molar-refractivity contribution in [3.05, 3.63) is 71.3 Å². The van der Waals surface area contributed by atoms with Gasteiger partial charge < -0.3 is 20.3 Å². The highest BCUT2D eigenvalue weighted by Gasteiger charge is 2.38. The lowest BCUT2D eigenvalue weighted by atomic mass is 10.1. The highest BCUT2D eigenvalue weighted by molar-refractivity contribution is 8.00. The molecule has 2 aliphatic rings. The van der Waals surface area contributed by atoms with Gasteiger partial charge in [-0.05, 0) is 48.4 Å². The average molecular weight is 504 g/mol. The average Bonchev–Trinajstić information content (AvgIpc) is 3.65. The lowest BCUT2D eigenvalue weighted by molar-refractivity contribution is -0.137. The molecule has 0 radical (unpaired) electrons. The number of carbonyl (C=O) groups is 2. The van der Waals surface area contributed by atoms with E-state index in [4.69, 9.17) is 4.74 Å². The highest BCUT2D eigenvalue weighted by atomic mass is 32.2. The third kappa shape index (κ3) is 7.02. The quantitative estimate of drug-likeness (QED) is 0.488. The second-order valence-corrected chi connectivity index (χ2v) is 10.4. The van der Waals surface area contributed by atoms with Gasteiger partial charge in [0.2, 0.25) is 5.91 Å². The molecule has 1 aliphatic carbocycles. The number of carbonyl (C=O) groups excluding carboxylic acids is 2. The minimum Gasteiger partial charge on any atom is -0.378 e. The van der Waals surface area contributed by atoms with Crippen LogP contribution in [0.5, 0.6) is 0 Å². The minimum absolute atomic E-state index is 0.129. The zero-order chi connectivity index (χ0) is 24.8. The number of rotatable bonds is 10. The zero-order valence-electron chi connectivity index (χ0n) is 19.7. The fraction of sp³-hybridized carbons (Fsp3) is 0.462. The van der Waals surface area contributed by atoms with E-state index in [1.165, 1.54) is 36.4 Å². The molecule has 1 heterocycles. The van der Waals surface area contributed by atoms with Crippen LogP contribution in [-0.4, -0.2) is 72.6 Å². The Morgan fingerprint density at radius 2 is 1.69 bits per heavy atom. The monoisotopic (exact) mass is 503 g/mol. The number of morpholine rings is 1. The molecule has 2 N–H and O–H groups in total. The SMILES string of the molecule is C[C@H](SCCN[C@@H]1C[C@H]1c1ccc(F)cc1)[C@H](NC(=O)c1ccc(F)cc1)C(=O)N1CCOCC1. The van der Waals surface area contributed by atoms with Crippen LogP contribution in [0, 0.1) is 11.6 Å². The number of thioether (sulfide) groups is 1. The number of nitrogens with zero attached hydrogens (tertiary/aromatic N) is 1. The summed E-state index contributed by atoms with van der Waals surface area (Å²) < 4.78 is 31.7. The van der Waals surface area contributed by atoms with Crippen molar-refractivity contribution in [1.29, 1.82) is 0 Å². The molecule has 4 rings (SSSR count). The molecule has 2 amide bonds. The van der Waals surface area contributed by atoms with E-state index in [0.717, 1.165) is 24.3 Å². The molecular formula is C26H31F2N3O3S. The van der Waals surface area contributed by atoms with Gasteiger partial charge in [0.1, 0.15) is 17.7 Å². The summed E-state index contributed by atoms with van der Waals surface area (Å²) >= 11 is 1.62. The Kier molecular flexibility index (Phi) is 8.75. The van der Waals surface area contributed by atoms with Gasteiger partial charge in [-0.1, -0.05) is 19.1 Å².